The lowest BCUT2D eigenvalue weighted by atomic mass is 10.1. The van der Waals surface area contributed by atoms with Gasteiger partial charge in [-0.15, -0.1) is 10.2 Å². The maximum absolute atomic E-state index is 12.7. The fourth-order valence-corrected chi connectivity index (χ4v) is 5.81. The Morgan fingerprint density at radius 3 is 2.50 bits per heavy atom. The lowest BCUT2D eigenvalue weighted by Crippen LogP contribution is -2.22. The van der Waals surface area contributed by atoms with Crippen LogP contribution in [0.1, 0.15) is 24.0 Å². The minimum Gasteiger partial charge on any atom is -0.377 e. The highest BCUT2D eigenvalue weighted by atomic mass is 32.2. The molecule has 1 atom stereocenters. The van der Waals surface area contributed by atoms with Crippen molar-refractivity contribution in [2.45, 2.75) is 42.8 Å². The zero-order valence-electron chi connectivity index (χ0n) is 18.8. The van der Waals surface area contributed by atoms with E-state index < -0.39 is 10.0 Å². The van der Waals surface area contributed by atoms with Crippen molar-refractivity contribution in [1.82, 2.24) is 19.1 Å². The molecule has 0 N–H and O–H groups in total. The molecule has 1 aromatic heterocycles. The first-order valence-corrected chi connectivity index (χ1v) is 13.0. The molecule has 7 nitrogen and oxygen atoms in total. The molecule has 170 valence electrons. The Morgan fingerprint density at radius 2 is 1.84 bits per heavy atom. The van der Waals surface area contributed by atoms with Gasteiger partial charge in [0.25, 0.3) is 0 Å². The third-order valence-corrected chi connectivity index (χ3v) is 8.46. The van der Waals surface area contributed by atoms with Crippen molar-refractivity contribution in [3.63, 3.8) is 0 Å². The minimum atomic E-state index is -3.56. The second kappa shape index (κ2) is 9.35. The summed E-state index contributed by atoms with van der Waals surface area (Å²) in [4.78, 5) is 0.226. The monoisotopic (exact) mass is 472 g/mol. The molecule has 1 aliphatic rings. The fraction of sp³-hybridized carbons (Fsp3) is 0.391. The second-order valence-corrected chi connectivity index (χ2v) is 11.3. The fourth-order valence-electron chi connectivity index (χ4n) is 3.86. The van der Waals surface area contributed by atoms with E-state index in [1.807, 2.05) is 16.7 Å². The van der Waals surface area contributed by atoms with Crippen LogP contribution in [0.5, 0.6) is 0 Å². The molecule has 32 heavy (non-hydrogen) atoms. The molecule has 4 rings (SSSR count). The Kier molecular flexibility index (Phi) is 6.71. The van der Waals surface area contributed by atoms with Crippen LogP contribution in [0.15, 0.2) is 52.5 Å². The van der Waals surface area contributed by atoms with Crippen LogP contribution < -0.4 is 0 Å². The summed E-state index contributed by atoms with van der Waals surface area (Å²) in [6.45, 7) is 4.94. The number of aryl methyl sites for hydroxylation is 2. The molecule has 0 saturated carbocycles. The van der Waals surface area contributed by atoms with Crippen molar-refractivity contribution in [3.05, 3.63) is 53.6 Å². The predicted octanol–water partition coefficient (Wildman–Crippen LogP) is 4.07. The number of hydrogen-bond donors (Lipinski definition) is 0. The van der Waals surface area contributed by atoms with Crippen molar-refractivity contribution < 1.29 is 13.2 Å². The summed E-state index contributed by atoms with van der Waals surface area (Å²) in [5.41, 5.74) is 3.92. The van der Waals surface area contributed by atoms with Gasteiger partial charge in [0.05, 0.1) is 16.7 Å². The maximum Gasteiger partial charge on any atom is 0.242 e. The number of thioether (sulfide) groups is 1. The SMILES string of the molecule is Cc1cccc(C)c1-n1c(SCC2CCCO2)nnc1-c1cccc(S(=O)(=O)N(C)C)c1. The first-order chi connectivity index (χ1) is 15.3. The van der Waals surface area contributed by atoms with Crippen molar-refractivity contribution in [2.75, 3.05) is 26.5 Å². The van der Waals surface area contributed by atoms with E-state index in [0.29, 0.717) is 11.4 Å². The van der Waals surface area contributed by atoms with Crippen molar-refractivity contribution in [1.29, 1.82) is 0 Å². The predicted molar refractivity (Wildman–Crippen MR) is 127 cm³/mol. The van der Waals surface area contributed by atoms with E-state index in [1.54, 1.807) is 30.0 Å². The van der Waals surface area contributed by atoms with E-state index in [4.69, 9.17) is 4.74 Å². The van der Waals surface area contributed by atoms with Crippen LogP contribution in [0.25, 0.3) is 17.1 Å². The van der Waals surface area contributed by atoms with E-state index in [2.05, 4.69) is 36.2 Å². The molecule has 1 unspecified atom stereocenters. The van der Waals surface area contributed by atoms with E-state index >= 15 is 0 Å². The van der Waals surface area contributed by atoms with Crippen molar-refractivity contribution in [2.24, 2.45) is 0 Å². The smallest absolute Gasteiger partial charge is 0.242 e. The quantitative estimate of drug-likeness (QED) is 0.483. The molecule has 9 heteroatoms. The molecule has 2 heterocycles. The van der Waals surface area contributed by atoms with Gasteiger partial charge in [0.1, 0.15) is 0 Å². The number of sulfonamides is 1. The van der Waals surface area contributed by atoms with E-state index in [0.717, 1.165) is 47.2 Å². The zero-order chi connectivity index (χ0) is 22.9. The average molecular weight is 473 g/mol. The number of rotatable bonds is 7. The molecule has 0 aliphatic carbocycles. The Balaban J connectivity index is 1.83. The Bertz CT molecular complexity index is 1200. The van der Waals surface area contributed by atoms with Crippen LogP contribution in [-0.4, -0.2) is 60.0 Å². The van der Waals surface area contributed by atoms with E-state index in [1.165, 1.54) is 18.4 Å². The summed E-state index contributed by atoms with van der Waals surface area (Å²) in [6.07, 6.45) is 2.37. The number of nitrogens with zero attached hydrogens (tertiary/aromatic N) is 4. The van der Waals surface area contributed by atoms with Gasteiger partial charge in [-0.2, -0.15) is 0 Å². The van der Waals surface area contributed by atoms with Gasteiger partial charge in [-0.25, -0.2) is 12.7 Å². The molecule has 2 aromatic carbocycles. The van der Waals surface area contributed by atoms with Gasteiger partial charge >= 0.3 is 0 Å². The molecule has 0 amide bonds. The highest BCUT2D eigenvalue weighted by Gasteiger charge is 2.24. The van der Waals surface area contributed by atoms with Gasteiger partial charge in [-0.05, 0) is 49.9 Å². The first-order valence-electron chi connectivity index (χ1n) is 10.6. The lowest BCUT2D eigenvalue weighted by molar-refractivity contribution is 0.129. The molecular weight excluding hydrogens is 444 g/mol. The van der Waals surface area contributed by atoms with Crippen LogP contribution >= 0.6 is 11.8 Å². The number of ether oxygens (including phenoxy) is 1. The topological polar surface area (TPSA) is 77.3 Å². The number of benzene rings is 2. The molecule has 0 spiro atoms. The largest absolute Gasteiger partial charge is 0.377 e. The maximum atomic E-state index is 12.7. The summed E-state index contributed by atoms with van der Waals surface area (Å²) >= 11 is 1.62. The Labute approximate surface area is 193 Å². The lowest BCUT2D eigenvalue weighted by Gasteiger charge is -2.17. The summed E-state index contributed by atoms with van der Waals surface area (Å²) < 4.78 is 34.4. The first kappa shape index (κ1) is 23.0. The minimum absolute atomic E-state index is 0.222. The summed E-state index contributed by atoms with van der Waals surface area (Å²) in [7, 11) is -0.504. The standard InChI is InChI=1S/C23H28N4O3S2/c1-16-8-5-9-17(2)21(16)27-22(24-25-23(27)31-15-19-11-7-13-30-19)18-10-6-12-20(14-18)32(28,29)26(3)4/h5-6,8-10,12,14,19H,7,11,13,15H2,1-4H3. The van der Waals surface area contributed by atoms with Crippen molar-refractivity contribution >= 4 is 21.8 Å². The molecule has 0 radical (unpaired) electrons. The van der Waals surface area contributed by atoms with Crippen LogP contribution in [-0.2, 0) is 14.8 Å². The van der Waals surface area contributed by atoms with Gasteiger partial charge in [0, 0.05) is 32.0 Å². The summed E-state index contributed by atoms with van der Waals surface area (Å²) in [5, 5.41) is 9.77. The van der Waals surface area contributed by atoms with Crippen LogP contribution in [0.3, 0.4) is 0 Å². The summed E-state index contributed by atoms with van der Waals surface area (Å²) in [6, 6.07) is 13.0. The highest BCUT2D eigenvalue weighted by molar-refractivity contribution is 7.99. The van der Waals surface area contributed by atoms with Gasteiger partial charge in [-0.3, -0.25) is 4.57 Å². The van der Waals surface area contributed by atoms with Crippen LogP contribution in [0.2, 0.25) is 0 Å². The molecule has 1 aliphatic heterocycles. The van der Waals surface area contributed by atoms with Gasteiger partial charge in [0.15, 0.2) is 11.0 Å². The van der Waals surface area contributed by atoms with Crippen LogP contribution in [0.4, 0.5) is 0 Å². The number of hydrogen-bond acceptors (Lipinski definition) is 6. The average Bonchev–Trinajstić information content (AvgIpc) is 3.42. The van der Waals surface area contributed by atoms with Crippen LogP contribution in [0, 0.1) is 13.8 Å². The summed E-state index contributed by atoms with van der Waals surface area (Å²) in [5.74, 6) is 1.42. The molecule has 3 aromatic rings. The second-order valence-electron chi connectivity index (χ2n) is 8.14. The van der Waals surface area contributed by atoms with Gasteiger partial charge in [0.2, 0.25) is 10.0 Å². The third kappa shape index (κ3) is 4.47. The molecule has 1 saturated heterocycles. The molecule has 0 bridgehead atoms. The normalized spacial score (nSPS) is 16.7. The van der Waals surface area contributed by atoms with E-state index in [9.17, 15) is 8.42 Å². The van der Waals surface area contributed by atoms with Crippen molar-refractivity contribution in [3.8, 4) is 17.1 Å². The number of aromatic nitrogens is 3. The third-order valence-electron chi connectivity index (χ3n) is 5.59. The highest BCUT2D eigenvalue weighted by Crippen LogP contribution is 2.33. The van der Waals surface area contributed by atoms with E-state index in [-0.39, 0.29) is 11.0 Å². The number of para-hydroxylation sites is 1. The Hall–Kier alpha value is -2.20. The van der Waals surface area contributed by atoms with Gasteiger partial charge < -0.3 is 4.74 Å². The van der Waals surface area contributed by atoms with Gasteiger partial charge in [-0.1, -0.05) is 42.1 Å². The molecular formula is C23H28N4O3S2. The molecule has 1 fully saturated rings. The Morgan fingerprint density at radius 1 is 1.12 bits per heavy atom. The zero-order valence-corrected chi connectivity index (χ0v) is 20.4.